The quantitative estimate of drug-likeness (QED) is 0.609. The molecule has 2 rings (SSSR count). The first-order valence-corrected chi connectivity index (χ1v) is 3.05. The van der Waals surface area contributed by atoms with Gasteiger partial charge >= 0.3 is 0 Å². The van der Waals surface area contributed by atoms with Gasteiger partial charge in [0.15, 0.2) is 12.1 Å². The Morgan fingerprint density at radius 3 is 2.82 bits per heavy atom. The van der Waals surface area contributed by atoms with Crippen LogP contribution in [0.5, 0.6) is 0 Å². The van der Waals surface area contributed by atoms with Crippen LogP contribution in [0.1, 0.15) is 5.89 Å². The van der Waals surface area contributed by atoms with Gasteiger partial charge < -0.3 is 8.83 Å². The normalized spacial score (nSPS) is 10.3. The van der Waals surface area contributed by atoms with Gasteiger partial charge in [0.05, 0.1) is 0 Å². The number of rotatable bonds is 1. The van der Waals surface area contributed by atoms with Gasteiger partial charge in [-0.1, -0.05) is 0 Å². The van der Waals surface area contributed by atoms with Crippen LogP contribution in [0.3, 0.4) is 0 Å². The van der Waals surface area contributed by atoms with Crippen LogP contribution in [0.25, 0.3) is 11.6 Å². The topological polar surface area (TPSA) is 65.0 Å². The fourth-order valence-electron chi connectivity index (χ4n) is 0.718. The highest BCUT2D eigenvalue weighted by molar-refractivity contribution is 5.42. The first kappa shape index (κ1) is 6.09. The second-order valence-electron chi connectivity index (χ2n) is 2.00. The standard InChI is InChI=1S/C6H5N3O2/c1-4-8-9-6(11-4)5-2-10-3-7-5/h2-3H,1H3. The summed E-state index contributed by atoms with van der Waals surface area (Å²) in [6.07, 6.45) is 2.77. The fraction of sp³-hybridized carbons (Fsp3) is 0.167. The number of hydrogen-bond acceptors (Lipinski definition) is 5. The molecule has 2 heterocycles. The number of aromatic nitrogens is 3. The highest BCUT2D eigenvalue weighted by Gasteiger charge is 2.07. The van der Waals surface area contributed by atoms with Crippen molar-refractivity contribution in [2.24, 2.45) is 0 Å². The van der Waals surface area contributed by atoms with Gasteiger partial charge in [-0.15, -0.1) is 10.2 Å². The summed E-state index contributed by atoms with van der Waals surface area (Å²) in [5, 5.41) is 7.39. The summed E-state index contributed by atoms with van der Waals surface area (Å²) in [5.74, 6) is 0.902. The summed E-state index contributed by atoms with van der Waals surface area (Å²) in [7, 11) is 0. The minimum atomic E-state index is 0.385. The first-order valence-electron chi connectivity index (χ1n) is 3.05. The Morgan fingerprint density at radius 2 is 2.27 bits per heavy atom. The smallest absolute Gasteiger partial charge is 0.269 e. The van der Waals surface area contributed by atoms with Crippen molar-refractivity contribution in [1.82, 2.24) is 15.2 Å². The summed E-state index contributed by atoms with van der Waals surface area (Å²) in [4.78, 5) is 3.84. The van der Waals surface area contributed by atoms with E-state index < -0.39 is 0 Å². The average molecular weight is 151 g/mol. The van der Waals surface area contributed by atoms with Crippen molar-refractivity contribution in [2.45, 2.75) is 6.92 Å². The molecule has 0 aliphatic heterocycles. The second-order valence-corrected chi connectivity index (χ2v) is 2.00. The predicted octanol–water partition coefficient (Wildman–Crippen LogP) is 1.03. The van der Waals surface area contributed by atoms with E-state index in [9.17, 15) is 0 Å². The largest absolute Gasteiger partial charge is 0.451 e. The van der Waals surface area contributed by atoms with Crippen LogP contribution >= 0.6 is 0 Å². The monoisotopic (exact) mass is 151 g/mol. The molecule has 0 fully saturated rings. The SMILES string of the molecule is Cc1nnc(-c2cocn2)o1. The molecule has 0 radical (unpaired) electrons. The Labute approximate surface area is 62.1 Å². The number of nitrogens with zero attached hydrogens (tertiary/aromatic N) is 3. The van der Waals surface area contributed by atoms with Gasteiger partial charge in [0, 0.05) is 6.92 Å². The van der Waals surface area contributed by atoms with Crippen LogP contribution in [0, 0.1) is 6.92 Å². The Balaban J connectivity index is 2.45. The summed E-state index contributed by atoms with van der Waals surface area (Å²) >= 11 is 0. The van der Waals surface area contributed by atoms with Crippen LogP contribution in [0.2, 0.25) is 0 Å². The van der Waals surface area contributed by atoms with Gasteiger partial charge in [-0.3, -0.25) is 0 Å². The summed E-state index contributed by atoms with van der Waals surface area (Å²) < 4.78 is 9.82. The van der Waals surface area contributed by atoms with E-state index in [1.54, 1.807) is 6.92 Å². The minimum Gasteiger partial charge on any atom is -0.451 e. The Bertz CT molecular complexity index is 338. The van der Waals surface area contributed by atoms with E-state index in [4.69, 9.17) is 8.83 Å². The zero-order chi connectivity index (χ0) is 7.68. The molecule has 0 unspecified atom stereocenters. The third-order valence-electron chi connectivity index (χ3n) is 1.18. The Hall–Kier alpha value is -1.65. The molecule has 0 aliphatic rings. The number of aryl methyl sites for hydroxylation is 1. The molecule has 0 atom stereocenters. The third kappa shape index (κ3) is 1.000. The zero-order valence-electron chi connectivity index (χ0n) is 5.81. The molecular formula is C6H5N3O2. The molecule has 2 aromatic heterocycles. The lowest BCUT2D eigenvalue weighted by Crippen LogP contribution is -1.75. The van der Waals surface area contributed by atoms with E-state index in [1.807, 2.05) is 0 Å². The van der Waals surface area contributed by atoms with Crippen LogP contribution < -0.4 is 0 Å². The molecule has 0 bridgehead atoms. The predicted molar refractivity (Wildman–Crippen MR) is 34.5 cm³/mol. The van der Waals surface area contributed by atoms with Crippen molar-refractivity contribution in [1.29, 1.82) is 0 Å². The summed E-state index contributed by atoms with van der Waals surface area (Å²) in [6.45, 7) is 1.72. The summed E-state index contributed by atoms with van der Waals surface area (Å²) in [5.41, 5.74) is 0.561. The molecule has 11 heavy (non-hydrogen) atoms. The maximum atomic E-state index is 5.08. The van der Waals surface area contributed by atoms with E-state index in [2.05, 4.69) is 15.2 Å². The molecule has 0 aromatic carbocycles. The van der Waals surface area contributed by atoms with Gasteiger partial charge in [0.1, 0.15) is 6.26 Å². The van der Waals surface area contributed by atoms with Crippen molar-refractivity contribution in [3.05, 3.63) is 18.5 Å². The third-order valence-corrected chi connectivity index (χ3v) is 1.18. The van der Waals surface area contributed by atoms with Crippen molar-refractivity contribution in [3.63, 3.8) is 0 Å². The molecule has 0 N–H and O–H groups in total. The average Bonchev–Trinajstić information content (AvgIpc) is 2.55. The second kappa shape index (κ2) is 2.19. The lowest BCUT2D eigenvalue weighted by atomic mass is 10.5. The van der Waals surface area contributed by atoms with E-state index in [0.717, 1.165) is 0 Å². The Kier molecular flexibility index (Phi) is 1.21. The first-order chi connectivity index (χ1) is 5.36. The maximum absolute atomic E-state index is 5.08. The highest BCUT2D eigenvalue weighted by atomic mass is 16.4. The van der Waals surface area contributed by atoms with E-state index in [-0.39, 0.29) is 0 Å². The molecular weight excluding hydrogens is 146 g/mol. The Morgan fingerprint density at radius 1 is 1.36 bits per heavy atom. The highest BCUT2D eigenvalue weighted by Crippen LogP contribution is 2.13. The van der Waals surface area contributed by atoms with E-state index in [1.165, 1.54) is 12.7 Å². The number of oxazole rings is 1. The lowest BCUT2D eigenvalue weighted by molar-refractivity contribution is 0.529. The lowest BCUT2D eigenvalue weighted by Gasteiger charge is -1.80. The zero-order valence-corrected chi connectivity index (χ0v) is 5.81. The van der Waals surface area contributed by atoms with Crippen LogP contribution in [0.4, 0.5) is 0 Å². The number of hydrogen-bond donors (Lipinski definition) is 0. The molecule has 0 amide bonds. The fourth-order valence-corrected chi connectivity index (χ4v) is 0.718. The van der Waals surface area contributed by atoms with Gasteiger partial charge in [-0.25, -0.2) is 4.98 Å². The van der Waals surface area contributed by atoms with Crippen molar-refractivity contribution in [2.75, 3.05) is 0 Å². The van der Waals surface area contributed by atoms with Gasteiger partial charge in [0.2, 0.25) is 5.89 Å². The molecule has 0 aliphatic carbocycles. The molecule has 2 aromatic rings. The van der Waals surface area contributed by atoms with Crippen molar-refractivity contribution < 1.29 is 8.83 Å². The van der Waals surface area contributed by atoms with Crippen molar-refractivity contribution >= 4 is 0 Å². The van der Waals surface area contributed by atoms with Gasteiger partial charge in [-0.2, -0.15) is 0 Å². The molecule has 5 heteroatoms. The molecule has 5 nitrogen and oxygen atoms in total. The van der Waals surface area contributed by atoms with Crippen LogP contribution in [-0.4, -0.2) is 15.2 Å². The molecule has 0 saturated carbocycles. The molecule has 0 saturated heterocycles. The van der Waals surface area contributed by atoms with Gasteiger partial charge in [-0.05, 0) is 0 Å². The van der Waals surface area contributed by atoms with E-state index in [0.29, 0.717) is 17.5 Å². The molecule has 0 spiro atoms. The van der Waals surface area contributed by atoms with Crippen LogP contribution in [-0.2, 0) is 0 Å². The molecule has 56 valence electrons. The minimum absolute atomic E-state index is 0.385. The van der Waals surface area contributed by atoms with E-state index >= 15 is 0 Å². The van der Waals surface area contributed by atoms with Crippen molar-refractivity contribution in [3.8, 4) is 11.6 Å². The van der Waals surface area contributed by atoms with Crippen LogP contribution in [0.15, 0.2) is 21.5 Å². The maximum Gasteiger partial charge on any atom is 0.269 e. The van der Waals surface area contributed by atoms with Gasteiger partial charge in [0.25, 0.3) is 5.89 Å². The summed E-state index contributed by atoms with van der Waals surface area (Å²) in [6, 6.07) is 0.